The number of rotatable bonds is 7. The van der Waals surface area contributed by atoms with Crippen molar-refractivity contribution in [3.63, 3.8) is 0 Å². The molecule has 0 saturated heterocycles. The van der Waals surface area contributed by atoms with Crippen molar-refractivity contribution in [1.29, 1.82) is 5.26 Å². The van der Waals surface area contributed by atoms with Gasteiger partial charge < -0.3 is 15.5 Å². The van der Waals surface area contributed by atoms with Crippen LogP contribution in [0.4, 0.5) is 5.82 Å². The topological polar surface area (TPSA) is 139 Å². The maximum atomic E-state index is 8.94. The molecule has 1 fully saturated rings. The summed E-state index contributed by atoms with van der Waals surface area (Å²) in [6.07, 6.45) is 9.94. The Labute approximate surface area is 203 Å². The van der Waals surface area contributed by atoms with Crippen molar-refractivity contribution in [3.8, 4) is 40.4 Å². The molecule has 9 heteroatoms. The van der Waals surface area contributed by atoms with Gasteiger partial charge in [-0.25, -0.2) is 9.97 Å². The Morgan fingerprint density at radius 3 is 2.60 bits per heavy atom. The highest BCUT2D eigenvalue weighted by molar-refractivity contribution is 5.68. The van der Waals surface area contributed by atoms with Crippen LogP contribution in [-0.2, 0) is 13.0 Å². The minimum Gasteiger partial charge on any atom is -0.414 e. The molecular formula is C26H26N8O. The largest absolute Gasteiger partial charge is 0.414 e. The van der Waals surface area contributed by atoms with Crippen molar-refractivity contribution in [3.05, 3.63) is 60.0 Å². The number of pyridine rings is 1. The van der Waals surface area contributed by atoms with Crippen molar-refractivity contribution in [2.24, 2.45) is 0 Å². The van der Waals surface area contributed by atoms with Crippen LogP contribution in [0.5, 0.6) is 0 Å². The number of nitriles is 1. The van der Waals surface area contributed by atoms with Gasteiger partial charge in [-0.05, 0) is 42.7 Å². The zero-order valence-electron chi connectivity index (χ0n) is 19.3. The standard InChI is InChI=1S/C26H26N8O/c27-12-10-21-14-19(11-13-29-21)22-16-31-24(28)23(32-22)26-34-33-25(35-26)18-8-6-17(7-9-18)15-30-20-4-2-1-3-5-20/h6-9,11,13-14,16,20,30H,1-5,10,15H2,(H2,28,31). The zero-order valence-corrected chi connectivity index (χ0v) is 19.3. The fourth-order valence-electron chi connectivity index (χ4n) is 4.28. The lowest BCUT2D eigenvalue weighted by Gasteiger charge is -2.22. The summed E-state index contributed by atoms with van der Waals surface area (Å²) < 4.78 is 5.91. The number of nitrogens with zero attached hydrogens (tertiary/aromatic N) is 6. The average Bonchev–Trinajstić information content (AvgIpc) is 3.39. The lowest BCUT2D eigenvalue weighted by molar-refractivity contribution is 0.372. The summed E-state index contributed by atoms with van der Waals surface area (Å²) in [6.45, 7) is 0.851. The lowest BCUT2D eigenvalue weighted by Crippen LogP contribution is -2.30. The van der Waals surface area contributed by atoms with E-state index in [4.69, 9.17) is 15.4 Å². The number of aromatic nitrogens is 5. The fraction of sp³-hybridized carbons (Fsp3) is 0.308. The summed E-state index contributed by atoms with van der Waals surface area (Å²) in [5, 5.41) is 20.9. The highest BCUT2D eigenvalue weighted by Gasteiger charge is 2.17. The Balaban J connectivity index is 1.32. The van der Waals surface area contributed by atoms with Crippen LogP contribution in [0.1, 0.15) is 43.4 Å². The van der Waals surface area contributed by atoms with Gasteiger partial charge >= 0.3 is 0 Å². The minimum absolute atomic E-state index is 0.194. The molecule has 0 bridgehead atoms. The van der Waals surface area contributed by atoms with Crippen LogP contribution in [0.15, 0.2) is 53.2 Å². The van der Waals surface area contributed by atoms with Crippen LogP contribution in [0, 0.1) is 11.3 Å². The predicted octanol–water partition coefficient (Wildman–Crippen LogP) is 4.33. The van der Waals surface area contributed by atoms with Crippen LogP contribution in [0.25, 0.3) is 34.3 Å². The molecule has 5 rings (SSSR count). The summed E-state index contributed by atoms with van der Waals surface area (Å²) in [6, 6.07) is 14.4. The first-order valence-corrected chi connectivity index (χ1v) is 11.8. The number of anilines is 1. The zero-order chi connectivity index (χ0) is 24.0. The second-order valence-corrected chi connectivity index (χ2v) is 8.68. The van der Waals surface area contributed by atoms with Gasteiger partial charge in [0.25, 0.3) is 5.89 Å². The van der Waals surface area contributed by atoms with Gasteiger partial charge in [0.15, 0.2) is 11.5 Å². The fourth-order valence-corrected chi connectivity index (χ4v) is 4.28. The maximum Gasteiger partial charge on any atom is 0.270 e. The van der Waals surface area contributed by atoms with Crippen molar-refractivity contribution in [2.45, 2.75) is 51.1 Å². The molecule has 3 heterocycles. The van der Waals surface area contributed by atoms with Crippen LogP contribution < -0.4 is 11.1 Å². The van der Waals surface area contributed by atoms with Gasteiger partial charge in [0.1, 0.15) is 0 Å². The van der Waals surface area contributed by atoms with E-state index in [0.717, 1.165) is 17.7 Å². The van der Waals surface area contributed by atoms with Gasteiger partial charge in [-0.15, -0.1) is 10.2 Å². The van der Waals surface area contributed by atoms with E-state index in [-0.39, 0.29) is 18.1 Å². The van der Waals surface area contributed by atoms with E-state index in [1.165, 1.54) is 37.7 Å². The van der Waals surface area contributed by atoms with E-state index in [1.807, 2.05) is 12.1 Å². The number of hydrogen-bond acceptors (Lipinski definition) is 9. The first-order chi connectivity index (χ1) is 17.2. The van der Waals surface area contributed by atoms with Crippen molar-refractivity contribution in [1.82, 2.24) is 30.5 Å². The lowest BCUT2D eigenvalue weighted by atomic mass is 9.95. The highest BCUT2D eigenvalue weighted by atomic mass is 16.4. The number of nitrogens with two attached hydrogens (primary N) is 1. The van der Waals surface area contributed by atoms with Crippen molar-refractivity contribution in [2.75, 3.05) is 5.73 Å². The van der Waals surface area contributed by atoms with Crippen molar-refractivity contribution >= 4 is 5.82 Å². The van der Waals surface area contributed by atoms with Gasteiger partial charge in [0, 0.05) is 29.9 Å². The molecule has 3 aromatic heterocycles. The molecule has 1 aliphatic rings. The monoisotopic (exact) mass is 466 g/mol. The van der Waals surface area contributed by atoms with E-state index in [2.05, 4.69) is 48.7 Å². The van der Waals surface area contributed by atoms with Gasteiger partial charge in [-0.1, -0.05) is 31.4 Å². The molecule has 3 N–H and O–H groups in total. The summed E-state index contributed by atoms with van der Waals surface area (Å²) >= 11 is 0. The number of benzene rings is 1. The Morgan fingerprint density at radius 2 is 1.80 bits per heavy atom. The summed E-state index contributed by atoms with van der Waals surface area (Å²) in [7, 11) is 0. The molecule has 1 aromatic carbocycles. The molecule has 35 heavy (non-hydrogen) atoms. The van der Waals surface area contributed by atoms with Gasteiger partial charge in [-0.2, -0.15) is 5.26 Å². The molecule has 0 aliphatic heterocycles. The van der Waals surface area contributed by atoms with E-state index < -0.39 is 0 Å². The first kappa shape index (κ1) is 22.6. The van der Waals surface area contributed by atoms with Crippen molar-refractivity contribution < 1.29 is 4.42 Å². The van der Waals surface area contributed by atoms with Gasteiger partial charge in [0.05, 0.1) is 30.1 Å². The smallest absolute Gasteiger partial charge is 0.270 e. The number of nitrogen functional groups attached to an aromatic ring is 1. The molecule has 0 spiro atoms. The second kappa shape index (κ2) is 10.4. The van der Waals surface area contributed by atoms with E-state index in [0.29, 0.717) is 29.0 Å². The van der Waals surface area contributed by atoms with Gasteiger partial charge in [0.2, 0.25) is 5.89 Å². The molecule has 9 nitrogen and oxygen atoms in total. The average molecular weight is 467 g/mol. The molecule has 0 unspecified atom stereocenters. The number of nitrogens with one attached hydrogen (secondary N) is 1. The Morgan fingerprint density at radius 1 is 1.00 bits per heavy atom. The SMILES string of the molecule is N#CCc1cc(-c2cnc(N)c(-c3nnc(-c4ccc(CNC5CCCCC5)cc4)o3)n2)ccn1. The first-order valence-electron chi connectivity index (χ1n) is 11.8. The Kier molecular flexibility index (Phi) is 6.73. The second-order valence-electron chi connectivity index (χ2n) is 8.68. The number of hydrogen-bond donors (Lipinski definition) is 2. The van der Waals surface area contributed by atoms with Crippen LogP contribution in [0.2, 0.25) is 0 Å². The van der Waals surface area contributed by atoms with Crippen LogP contribution in [0.3, 0.4) is 0 Å². The molecule has 0 amide bonds. The van der Waals surface area contributed by atoms with E-state index >= 15 is 0 Å². The van der Waals surface area contributed by atoms with E-state index in [9.17, 15) is 0 Å². The quantitative estimate of drug-likeness (QED) is 0.407. The predicted molar refractivity (Wildman–Crippen MR) is 131 cm³/mol. The third kappa shape index (κ3) is 5.34. The molecule has 0 atom stereocenters. The normalized spacial score (nSPS) is 14.0. The molecular weight excluding hydrogens is 440 g/mol. The highest BCUT2D eigenvalue weighted by Crippen LogP contribution is 2.28. The van der Waals surface area contributed by atoms with Crippen LogP contribution in [-0.4, -0.2) is 31.2 Å². The molecule has 0 radical (unpaired) electrons. The van der Waals surface area contributed by atoms with Crippen LogP contribution >= 0.6 is 0 Å². The molecule has 176 valence electrons. The molecule has 1 saturated carbocycles. The Hall–Kier alpha value is -4.16. The third-order valence-corrected chi connectivity index (χ3v) is 6.20. The third-order valence-electron chi connectivity index (χ3n) is 6.20. The molecule has 4 aromatic rings. The summed E-state index contributed by atoms with van der Waals surface area (Å²) in [5.74, 6) is 0.777. The summed E-state index contributed by atoms with van der Waals surface area (Å²) in [5.41, 5.74) is 10.4. The maximum absolute atomic E-state index is 8.94. The Bertz CT molecular complexity index is 1340. The minimum atomic E-state index is 0.194. The molecule has 1 aliphatic carbocycles. The summed E-state index contributed by atoms with van der Waals surface area (Å²) in [4.78, 5) is 13.0. The van der Waals surface area contributed by atoms with E-state index in [1.54, 1.807) is 24.5 Å². The van der Waals surface area contributed by atoms with Gasteiger partial charge in [-0.3, -0.25) is 4.98 Å².